The number of rotatable bonds is 2. The van der Waals surface area contributed by atoms with Crippen LogP contribution in [-0.2, 0) is 9.59 Å². The zero-order valence-corrected chi connectivity index (χ0v) is 18.0. The van der Waals surface area contributed by atoms with Crippen molar-refractivity contribution in [2.24, 2.45) is 23.5 Å². The second kappa shape index (κ2) is 6.42. The number of nitrogens with two attached hydrogens (primary N) is 1. The monoisotopic (exact) mass is 415 g/mol. The van der Waals surface area contributed by atoms with Crippen LogP contribution >= 0.6 is 0 Å². The predicted molar refractivity (Wildman–Crippen MR) is 121 cm³/mol. The highest BCUT2D eigenvalue weighted by molar-refractivity contribution is 6.26. The topological polar surface area (TPSA) is 66.6 Å². The Hall–Kier alpha value is -2.66. The van der Waals surface area contributed by atoms with Crippen LogP contribution in [0.3, 0.4) is 0 Å². The van der Waals surface area contributed by atoms with Crippen molar-refractivity contribution in [1.29, 1.82) is 0 Å². The second-order valence-corrected chi connectivity index (χ2v) is 10.4. The molecule has 0 radical (unpaired) electrons. The van der Waals surface area contributed by atoms with Crippen LogP contribution in [0.4, 0.5) is 17.1 Å². The molecule has 1 heterocycles. The fourth-order valence-corrected chi connectivity index (χ4v) is 7.26. The lowest BCUT2D eigenvalue weighted by atomic mass is 9.52. The summed E-state index contributed by atoms with van der Waals surface area (Å²) in [6.45, 7) is 1.59. The number of carbonyl (C=O) groups excluding carboxylic acids is 2. The molecule has 4 bridgehead atoms. The Kier molecular flexibility index (Phi) is 3.95. The lowest BCUT2D eigenvalue weighted by molar-refractivity contribution is -0.134. The third kappa shape index (κ3) is 2.65. The molecule has 2 aromatic rings. The summed E-state index contributed by atoms with van der Waals surface area (Å²) in [5.41, 5.74) is 7.05. The van der Waals surface area contributed by atoms with Gasteiger partial charge in [0, 0.05) is 11.2 Å². The summed E-state index contributed by atoms with van der Waals surface area (Å²) in [5, 5.41) is 0. The number of nitrogens with zero attached hydrogens (tertiary/aromatic N) is 2. The van der Waals surface area contributed by atoms with E-state index in [-0.39, 0.29) is 17.4 Å². The van der Waals surface area contributed by atoms with E-state index in [2.05, 4.69) is 0 Å². The van der Waals surface area contributed by atoms with Gasteiger partial charge < -0.3 is 10.6 Å². The van der Waals surface area contributed by atoms with E-state index < -0.39 is 5.54 Å². The minimum absolute atomic E-state index is 0.227. The first-order valence-corrected chi connectivity index (χ1v) is 11.5. The molecule has 0 aromatic heterocycles. The van der Waals surface area contributed by atoms with Crippen LogP contribution in [0.5, 0.6) is 0 Å². The molecule has 1 unspecified atom stereocenters. The molecule has 4 aliphatic carbocycles. The normalized spacial score (nSPS) is 36.5. The fourth-order valence-electron chi connectivity index (χ4n) is 7.26. The van der Waals surface area contributed by atoms with Gasteiger partial charge in [-0.1, -0.05) is 30.3 Å². The van der Waals surface area contributed by atoms with Crippen molar-refractivity contribution in [3.05, 3.63) is 54.6 Å². The number of benzene rings is 2. The minimum atomic E-state index is -1.63. The van der Waals surface area contributed by atoms with Gasteiger partial charge in [-0.3, -0.25) is 14.5 Å². The highest BCUT2D eigenvalue weighted by Gasteiger charge is 2.59. The average Bonchev–Trinajstić information content (AvgIpc) is 2.80. The largest absolute Gasteiger partial charge is 0.310 e. The van der Waals surface area contributed by atoms with Gasteiger partial charge in [-0.25, -0.2) is 0 Å². The Balaban J connectivity index is 1.57. The molecule has 2 aromatic carbocycles. The Bertz CT molecular complexity index is 1030. The summed E-state index contributed by atoms with van der Waals surface area (Å²) < 4.78 is 0. The summed E-state index contributed by atoms with van der Waals surface area (Å²) in [4.78, 5) is 31.5. The van der Waals surface area contributed by atoms with Gasteiger partial charge in [0.2, 0.25) is 0 Å². The maximum absolute atomic E-state index is 14.1. The number of amides is 2. The maximum atomic E-state index is 14.1. The van der Waals surface area contributed by atoms with E-state index >= 15 is 0 Å². The van der Waals surface area contributed by atoms with Gasteiger partial charge in [0.15, 0.2) is 5.54 Å². The zero-order valence-electron chi connectivity index (χ0n) is 18.0. The second-order valence-electron chi connectivity index (χ2n) is 10.4. The van der Waals surface area contributed by atoms with Crippen molar-refractivity contribution < 1.29 is 9.59 Å². The molecule has 5 aliphatic rings. The molecule has 5 heteroatoms. The first-order chi connectivity index (χ1) is 14.9. The number of para-hydroxylation sites is 3. The van der Waals surface area contributed by atoms with Gasteiger partial charge in [0.05, 0.1) is 11.4 Å². The van der Waals surface area contributed by atoms with E-state index in [4.69, 9.17) is 5.73 Å². The van der Waals surface area contributed by atoms with Gasteiger partial charge in [0.1, 0.15) is 0 Å². The van der Waals surface area contributed by atoms with Gasteiger partial charge in [-0.05, 0) is 87.5 Å². The van der Waals surface area contributed by atoms with E-state index in [1.165, 1.54) is 19.3 Å². The lowest BCUT2D eigenvalue weighted by Gasteiger charge is -2.60. The summed E-state index contributed by atoms with van der Waals surface area (Å²) in [7, 11) is 0. The van der Waals surface area contributed by atoms with E-state index in [1.54, 1.807) is 11.8 Å². The standard InChI is InChI=1S/C26H29N3O2/c1-25(27)23(30)28(20-7-3-2-4-8-20)21-9-5-6-10-22(21)29(24(25)31)26-14-17-11-18(15-26)13-19(12-17)16-26/h2-10,17-19H,11-16,27H2,1H3. The third-order valence-electron chi connectivity index (χ3n) is 8.15. The minimum Gasteiger partial charge on any atom is -0.310 e. The van der Waals surface area contributed by atoms with E-state index in [1.807, 2.05) is 59.5 Å². The number of anilines is 3. The van der Waals surface area contributed by atoms with Crippen molar-refractivity contribution >= 4 is 28.9 Å². The molecule has 4 fully saturated rings. The van der Waals surface area contributed by atoms with Crippen molar-refractivity contribution in [3.8, 4) is 0 Å². The smallest absolute Gasteiger partial charge is 0.261 e. The Labute approximate surface area is 183 Å². The Morgan fingerprint density at radius 2 is 1.29 bits per heavy atom. The maximum Gasteiger partial charge on any atom is 0.261 e. The summed E-state index contributed by atoms with van der Waals surface area (Å²) in [5.74, 6) is 1.41. The molecule has 2 N–H and O–H groups in total. The lowest BCUT2D eigenvalue weighted by Crippen LogP contribution is -2.68. The highest BCUT2D eigenvalue weighted by Crippen LogP contribution is 2.59. The van der Waals surface area contributed by atoms with Crippen LogP contribution in [0, 0.1) is 17.8 Å². The van der Waals surface area contributed by atoms with Gasteiger partial charge in [0.25, 0.3) is 11.8 Å². The molecular formula is C26H29N3O2. The molecule has 2 amide bonds. The van der Waals surface area contributed by atoms with Crippen LogP contribution in [0.25, 0.3) is 0 Å². The molecule has 1 aliphatic heterocycles. The fraction of sp³-hybridized carbons (Fsp3) is 0.462. The number of carbonyl (C=O) groups is 2. The average molecular weight is 416 g/mol. The van der Waals surface area contributed by atoms with Crippen LogP contribution in [0.1, 0.15) is 45.4 Å². The summed E-state index contributed by atoms with van der Waals surface area (Å²) >= 11 is 0. The highest BCUT2D eigenvalue weighted by atomic mass is 16.2. The van der Waals surface area contributed by atoms with Crippen molar-refractivity contribution in [2.75, 3.05) is 9.80 Å². The molecule has 0 saturated heterocycles. The van der Waals surface area contributed by atoms with E-state index in [0.29, 0.717) is 17.8 Å². The number of hydrogen-bond acceptors (Lipinski definition) is 3. The first-order valence-electron chi connectivity index (χ1n) is 11.5. The molecule has 4 saturated carbocycles. The number of hydrogen-bond donors (Lipinski definition) is 1. The number of fused-ring (bicyclic) bond motifs is 1. The van der Waals surface area contributed by atoms with Crippen molar-refractivity contribution in [3.63, 3.8) is 0 Å². The first kappa shape index (κ1) is 19.1. The van der Waals surface area contributed by atoms with Gasteiger partial charge in [-0.2, -0.15) is 0 Å². The van der Waals surface area contributed by atoms with Gasteiger partial charge in [-0.15, -0.1) is 0 Å². The molecule has 1 atom stereocenters. The van der Waals surface area contributed by atoms with Crippen LogP contribution in [0.15, 0.2) is 54.6 Å². The van der Waals surface area contributed by atoms with Crippen molar-refractivity contribution in [2.45, 2.75) is 56.5 Å². The zero-order chi connectivity index (χ0) is 21.4. The molecular weight excluding hydrogens is 386 g/mol. The summed E-state index contributed by atoms with van der Waals surface area (Å²) in [6, 6.07) is 17.4. The molecule has 7 rings (SSSR count). The van der Waals surface area contributed by atoms with Crippen LogP contribution in [-0.4, -0.2) is 22.9 Å². The van der Waals surface area contributed by atoms with E-state index in [0.717, 1.165) is 36.3 Å². The molecule has 31 heavy (non-hydrogen) atoms. The Morgan fingerprint density at radius 3 is 1.87 bits per heavy atom. The van der Waals surface area contributed by atoms with Crippen molar-refractivity contribution in [1.82, 2.24) is 0 Å². The van der Waals surface area contributed by atoms with Gasteiger partial charge >= 0.3 is 0 Å². The Morgan fingerprint density at radius 1 is 0.774 bits per heavy atom. The van der Waals surface area contributed by atoms with Crippen LogP contribution < -0.4 is 15.5 Å². The molecule has 0 spiro atoms. The van der Waals surface area contributed by atoms with E-state index in [9.17, 15) is 9.59 Å². The third-order valence-corrected chi connectivity index (χ3v) is 8.15. The molecule has 5 nitrogen and oxygen atoms in total. The quantitative estimate of drug-likeness (QED) is 0.740. The predicted octanol–water partition coefficient (Wildman–Crippen LogP) is 4.38. The van der Waals surface area contributed by atoms with Crippen LogP contribution in [0.2, 0.25) is 0 Å². The molecule has 160 valence electrons. The SMILES string of the molecule is CC1(N)C(=O)N(c2ccccc2)c2ccccc2N(C23CC4CC(CC(C4)C2)C3)C1=O. The summed E-state index contributed by atoms with van der Waals surface area (Å²) in [6.07, 6.45) is 6.94.